The highest BCUT2D eigenvalue weighted by Crippen LogP contribution is 2.34. The smallest absolute Gasteiger partial charge is 0.244 e. The maximum atomic E-state index is 13.7. The molecule has 2 aromatic rings. The van der Waals surface area contributed by atoms with Crippen LogP contribution in [-0.2, 0) is 26.2 Å². The van der Waals surface area contributed by atoms with Gasteiger partial charge in [0.2, 0.25) is 21.8 Å². The van der Waals surface area contributed by atoms with Crippen LogP contribution in [0.25, 0.3) is 0 Å². The summed E-state index contributed by atoms with van der Waals surface area (Å²) in [5.74, 6) is 0.563. The molecule has 204 valence electrons. The third-order valence-electron chi connectivity index (χ3n) is 5.67. The number of benzene rings is 2. The molecule has 11 heteroatoms. The van der Waals surface area contributed by atoms with Crippen LogP contribution >= 0.6 is 0 Å². The molecule has 2 amide bonds. The molecule has 0 unspecified atom stereocenters. The van der Waals surface area contributed by atoms with E-state index in [1.807, 2.05) is 13.8 Å². The van der Waals surface area contributed by atoms with E-state index in [4.69, 9.17) is 14.2 Å². The van der Waals surface area contributed by atoms with Crippen LogP contribution in [-0.4, -0.2) is 71.8 Å². The Hall–Kier alpha value is -3.47. The standard InChI is InChI=1S/C26H37N3O7S/c1-18(2)15-27-26(31)19(3)28(16-20-9-8-10-21(13-20)34-4)25(30)17-29(37(7,32)33)23-14-22(35-5)11-12-24(23)36-6/h8-14,18-19H,15-17H2,1-7H3,(H,27,31)/t19-/m0/s1. The number of amides is 2. The Labute approximate surface area is 219 Å². The fourth-order valence-electron chi connectivity index (χ4n) is 3.59. The Morgan fingerprint density at radius 3 is 2.16 bits per heavy atom. The molecule has 2 aromatic carbocycles. The molecule has 0 saturated carbocycles. The van der Waals surface area contributed by atoms with Gasteiger partial charge >= 0.3 is 0 Å². The molecule has 0 saturated heterocycles. The van der Waals surface area contributed by atoms with Gasteiger partial charge in [-0.3, -0.25) is 13.9 Å². The Morgan fingerprint density at radius 2 is 1.59 bits per heavy atom. The third-order valence-corrected chi connectivity index (χ3v) is 6.80. The van der Waals surface area contributed by atoms with Crippen LogP contribution in [0.1, 0.15) is 26.3 Å². The predicted octanol–water partition coefficient (Wildman–Crippen LogP) is 2.67. The molecule has 0 aliphatic heterocycles. The number of rotatable bonds is 13. The molecular formula is C26H37N3O7S. The fraction of sp³-hybridized carbons (Fsp3) is 0.462. The molecule has 0 aliphatic rings. The van der Waals surface area contributed by atoms with Crippen molar-refractivity contribution < 1.29 is 32.2 Å². The van der Waals surface area contributed by atoms with Crippen molar-refractivity contribution in [3.63, 3.8) is 0 Å². The lowest BCUT2D eigenvalue weighted by Crippen LogP contribution is -2.51. The minimum Gasteiger partial charge on any atom is -0.497 e. The van der Waals surface area contributed by atoms with E-state index in [-0.39, 0.29) is 29.8 Å². The van der Waals surface area contributed by atoms with Crippen molar-refractivity contribution in [1.82, 2.24) is 10.2 Å². The van der Waals surface area contributed by atoms with Crippen LogP contribution in [0.3, 0.4) is 0 Å². The maximum Gasteiger partial charge on any atom is 0.244 e. The SMILES string of the molecule is COc1cccc(CN(C(=O)CN(c2cc(OC)ccc2OC)S(C)(=O)=O)[C@@H](C)C(=O)NCC(C)C)c1. The summed E-state index contributed by atoms with van der Waals surface area (Å²) in [4.78, 5) is 28.0. The van der Waals surface area contributed by atoms with Gasteiger partial charge in [0.25, 0.3) is 0 Å². The van der Waals surface area contributed by atoms with Crippen molar-refractivity contribution in [2.45, 2.75) is 33.4 Å². The first kappa shape index (κ1) is 29.8. The highest BCUT2D eigenvalue weighted by Gasteiger charge is 2.31. The molecule has 0 fully saturated rings. The first-order valence-electron chi connectivity index (χ1n) is 11.8. The number of nitrogens with one attached hydrogen (secondary N) is 1. The highest BCUT2D eigenvalue weighted by atomic mass is 32.2. The first-order chi connectivity index (χ1) is 17.4. The van der Waals surface area contributed by atoms with Gasteiger partial charge in [-0.2, -0.15) is 0 Å². The van der Waals surface area contributed by atoms with Gasteiger partial charge in [-0.25, -0.2) is 8.42 Å². The number of carbonyl (C=O) groups is 2. The summed E-state index contributed by atoms with van der Waals surface area (Å²) in [5.41, 5.74) is 0.872. The molecule has 0 aliphatic carbocycles. The van der Waals surface area contributed by atoms with E-state index in [1.54, 1.807) is 43.3 Å². The number of hydrogen-bond acceptors (Lipinski definition) is 7. The quantitative estimate of drug-likeness (QED) is 0.419. The largest absolute Gasteiger partial charge is 0.497 e. The van der Waals surface area contributed by atoms with Gasteiger partial charge in [0.05, 0.1) is 33.3 Å². The lowest BCUT2D eigenvalue weighted by molar-refractivity contribution is -0.139. The lowest BCUT2D eigenvalue weighted by Gasteiger charge is -2.32. The van der Waals surface area contributed by atoms with E-state index in [2.05, 4.69) is 5.32 Å². The second kappa shape index (κ2) is 13.2. The summed E-state index contributed by atoms with van der Waals surface area (Å²) in [6, 6.07) is 10.9. The van der Waals surface area contributed by atoms with Crippen LogP contribution in [0.15, 0.2) is 42.5 Å². The van der Waals surface area contributed by atoms with Gasteiger partial charge < -0.3 is 24.4 Å². The molecule has 37 heavy (non-hydrogen) atoms. The molecule has 2 rings (SSSR count). The van der Waals surface area contributed by atoms with Crippen molar-refractivity contribution in [3.8, 4) is 17.2 Å². The van der Waals surface area contributed by atoms with Gasteiger partial charge in [-0.05, 0) is 42.7 Å². The molecule has 1 N–H and O–H groups in total. The Kier molecular flexibility index (Phi) is 10.6. The molecule has 0 heterocycles. The number of sulfonamides is 1. The molecule has 1 atom stereocenters. The van der Waals surface area contributed by atoms with Crippen LogP contribution in [0.2, 0.25) is 0 Å². The summed E-state index contributed by atoms with van der Waals surface area (Å²) < 4.78 is 42.5. The molecule has 0 bridgehead atoms. The topological polar surface area (TPSA) is 114 Å². The zero-order chi connectivity index (χ0) is 27.8. The van der Waals surface area contributed by atoms with Gasteiger partial charge in [0.15, 0.2) is 0 Å². The second-order valence-electron chi connectivity index (χ2n) is 9.00. The van der Waals surface area contributed by atoms with Gasteiger partial charge in [0.1, 0.15) is 29.8 Å². The fourth-order valence-corrected chi connectivity index (χ4v) is 4.43. The van der Waals surface area contributed by atoms with E-state index >= 15 is 0 Å². The summed E-state index contributed by atoms with van der Waals surface area (Å²) in [6.45, 7) is 5.52. The summed E-state index contributed by atoms with van der Waals surface area (Å²) >= 11 is 0. The van der Waals surface area contributed by atoms with Crippen LogP contribution in [0.5, 0.6) is 17.2 Å². The van der Waals surface area contributed by atoms with E-state index in [0.717, 1.165) is 16.1 Å². The zero-order valence-electron chi connectivity index (χ0n) is 22.5. The molecular weight excluding hydrogens is 498 g/mol. The number of methoxy groups -OCH3 is 3. The van der Waals surface area contributed by atoms with Crippen LogP contribution < -0.4 is 23.8 Å². The minimum atomic E-state index is -3.93. The Balaban J connectivity index is 2.47. The average Bonchev–Trinajstić information content (AvgIpc) is 2.87. The normalized spacial score (nSPS) is 12.0. The predicted molar refractivity (Wildman–Crippen MR) is 143 cm³/mol. The van der Waals surface area contributed by atoms with Gasteiger partial charge in [-0.1, -0.05) is 26.0 Å². The molecule has 0 radical (unpaired) electrons. The number of hydrogen-bond donors (Lipinski definition) is 1. The zero-order valence-corrected chi connectivity index (χ0v) is 23.3. The van der Waals surface area contributed by atoms with Gasteiger partial charge in [0, 0.05) is 19.2 Å². The number of nitrogens with zero attached hydrogens (tertiary/aromatic N) is 2. The second-order valence-corrected chi connectivity index (χ2v) is 10.9. The van der Waals surface area contributed by atoms with E-state index in [0.29, 0.717) is 18.0 Å². The Bertz CT molecular complexity index is 1180. The summed E-state index contributed by atoms with van der Waals surface area (Å²) in [5, 5.41) is 2.85. The first-order valence-corrected chi connectivity index (χ1v) is 13.7. The van der Waals surface area contributed by atoms with Crippen molar-refractivity contribution in [3.05, 3.63) is 48.0 Å². The van der Waals surface area contributed by atoms with Crippen molar-refractivity contribution >= 4 is 27.5 Å². The minimum absolute atomic E-state index is 0.0686. The highest BCUT2D eigenvalue weighted by molar-refractivity contribution is 7.92. The van der Waals surface area contributed by atoms with Crippen LogP contribution in [0.4, 0.5) is 5.69 Å². The molecule has 10 nitrogen and oxygen atoms in total. The maximum absolute atomic E-state index is 13.7. The van der Waals surface area contributed by atoms with E-state index < -0.39 is 28.5 Å². The number of carbonyl (C=O) groups excluding carboxylic acids is 2. The summed E-state index contributed by atoms with van der Waals surface area (Å²) in [7, 11) is 0.472. The third kappa shape index (κ3) is 8.28. The Morgan fingerprint density at radius 1 is 0.946 bits per heavy atom. The summed E-state index contributed by atoms with van der Waals surface area (Å²) in [6.07, 6.45) is 1.00. The van der Waals surface area contributed by atoms with Crippen molar-refractivity contribution in [2.24, 2.45) is 5.92 Å². The monoisotopic (exact) mass is 535 g/mol. The number of ether oxygens (including phenoxy) is 3. The number of anilines is 1. The average molecular weight is 536 g/mol. The van der Waals surface area contributed by atoms with E-state index in [1.165, 1.54) is 32.3 Å². The van der Waals surface area contributed by atoms with Crippen LogP contribution in [0, 0.1) is 5.92 Å². The van der Waals surface area contributed by atoms with Crippen molar-refractivity contribution in [1.29, 1.82) is 0 Å². The van der Waals surface area contributed by atoms with Crippen molar-refractivity contribution in [2.75, 3.05) is 45.0 Å². The van der Waals surface area contributed by atoms with E-state index in [9.17, 15) is 18.0 Å². The molecule has 0 aromatic heterocycles. The molecule has 0 spiro atoms. The lowest BCUT2D eigenvalue weighted by atomic mass is 10.1. The van der Waals surface area contributed by atoms with Gasteiger partial charge in [-0.15, -0.1) is 0 Å².